The van der Waals surface area contributed by atoms with E-state index in [1.807, 2.05) is 60.0 Å². The first-order valence-corrected chi connectivity index (χ1v) is 10.6. The van der Waals surface area contributed by atoms with Crippen molar-refractivity contribution in [3.05, 3.63) is 77.1 Å². The number of thiazole rings is 1. The first kappa shape index (κ1) is 20.7. The molecule has 0 saturated heterocycles. The first-order valence-electron chi connectivity index (χ1n) is 9.81. The van der Waals surface area contributed by atoms with E-state index in [1.54, 1.807) is 32.4 Å². The third-order valence-corrected chi connectivity index (χ3v) is 5.86. The van der Waals surface area contributed by atoms with Gasteiger partial charge in [-0.15, -0.1) is 0 Å². The van der Waals surface area contributed by atoms with E-state index in [0.717, 1.165) is 16.0 Å². The van der Waals surface area contributed by atoms with Crippen LogP contribution in [0.2, 0.25) is 0 Å². The molecule has 31 heavy (non-hydrogen) atoms. The van der Waals surface area contributed by atoms with E-state index in [0.29, 0.717) is 34.2 Å². The molecule has 1 amide bonds. The van der Waals surface area contributed by atoms with E-state index in [9.17, 15) is 4.79 Å². The summed E-state index contributed by atoms with van der Waals surface area (Å²) in [5.41, 5.74) is 1.31. The number of carbonyl (C=O) groups excluding carboxylic acids is 1. The summed E-state index contributed by atoms with van der Waals surface area (Å²) in [5, 5.41) is 0. The van der Waals surface area contributed by atoms with Gasteiger partial charge >= 0.3 is 0 Å². The number of methoxy groups -OCH3 is 2. The molecule has 0 aliphatic carbocycles. The number of fused-ring (bicyclic) bond motifs is 1. The summed E-state index contributed by atoms with van der Waals surface area (Å²) >= 11 is 1.40. The molecular formula is C24H22N2O4S. The highest BCUT2D eigenvalue weighted by Crippen LogP contribution is 2.35. The van der Waals surface area contributed by atoms with Crippen molar-refractivity contribution in [2.24, 2.45) is 4.99 Å². The molecule has 0 bridgehead atoms. The van der Waals surface area contributed by atoms with E-state index in [2.05, 4.69) is 4.99 Å². The van der Waals surface area contributed by atoms with E-state index < -0.39 is 0 Å². The Morgan fingerprint density at radius 3 is 2.35 bits per heavy atom. The maximum atomic E-state index is 13.0. The summed E-state index contributed by atoms with van der Waals surface area (Å²) in [7, 11) is 3.25. The summed E-state index contributed by atoms with van der Waals surface area (Å²) in [6.45, 7) is 2.63. The molecule has 0 unspecified atom stereocenters. The van der Waals surface area contributed by atoms with Crippen molar-refractivity contribution in [1.29, 1.82) is 0 Å². The zero-order valence-corrected chi connectivity index (χ0v) is 18.3. The number of aryl methyl sites for hydroxylation is 1. The Kier molecular flexibility index (Phi) is 6.04. The SMILES string of the molecule is CCn1c(=NC(=O)c2cccc(Oc3ccccc3)c2)sc2c(OC)ccc(OC)c21. The molecule has 0 aliphatic rings. The topological polar surface area (TPSA) is 62.1 Å². The second-order valence-corrected chi connectivity index (χ2v) is 7.61. The van der Waals surface area contributed by atoms with Gasteiger partial charge in [-0.2, -0.15) is 4.99 Å². The normalized spacial score (nSPS) is 11.5. The standard InChI is InChI=1S/C24H22N2O4S/c1-4-26-21-19(28-2)13-14-20(29-3)22(21)31-24(26)25-23(27)16-9-8-12-18(15-16)30-17-10-6-5-7-11-17/h5-15H,4H2,1-3H3. The molecular weight excluding hydrogens is 412 g/mol. The Balaban J connectivity index is 1.75. The molecule has 0 N–H and O–H groups in total. The van der Waals surface area contributed by atoms with Crippen LogP contribution in [-0.4, -0.2) is 24.7 Å². The maximum absolute atomic E-state index is 13.0. The molecule has 3 aromatic carbocycles. The van der Waals surface area contributed by atoms with Gasteiger partial charge in [0.2, 0.25) is 0 Å². The number of aromatic nitrogens is 1. The van der Waals surface area contributed by atoms with Crippen LogP contribution in [0.5, 0.6) is 23.0 Å². The molecule has 4 rings (SSSR count). The number of rotatable bonds is 6. The third kappa shape index (κ3) is 4.18. The minimum atomic E-state index is -0.342. The number of benzene rings is 3. The van der Waals surface area contributed by atoms with Crippen LogP contribution in [-0.2, 0) is 6.54 Å². The summed E-state index contributed by atoms with van der Waals surface area (Å²) in [6.07, 6.45) is 0. The number of amides is 1. The molecule has 1 aromatic heterocycles. The lowest BCUT2D eigenvalue weighted by atomic mass is 10.2. The molecule has 0 radical (unpaired) electrons. The van der Waals surface area contributed by atoms with Crippen LogP contribution in [0.1, 0.15) is 17.3 Å². The predicted molar refractivity (Wildman–Crippen MR) is 121 cm³/mol. The van der Waals surface area contributed by atoms with Crippen LogP contribution in [0, 0.1) is 0 Å². The van der Waals surface area contributed by atoms with Crippen LogP contribution in [0.4, 0.5) is 0 Å². The van der Waals surface area contributed by atoms with Crippen LogP contribution < -0.4 is 19.0 Å². The lowest BCUT2D eigenvalue weighted by Crippen LogP contribution is -2.16. The van der Waals surface area contributed by atoms with Gasteiger partial charge in [-0.05, 0) is 49.4 Å². The summed E-state index contributed by atoms with van der Waals surface area (Å²) < 4.78 is 19.7. The summed E-state index contributed by atoms with van der Waals surface area (Å²) in [4.78, 5) is 18.0. The van der Waals surface area contributed by atoms with Gasteiger partial charge in [-0.3, -0.25) is 4.79 Å². The van der Waals surface area contributed by atoms with Crippen molar-refractivity contribution in [3.63, 3.8) is 0 Å². The number of para-hydroxylation sites is 1. The minimum absolute atomic E-state index is 0.342. The molecule has 6 nitrogen and oxygen atoms in total. The van der Waals surface area contributed by atoms with Crippen LogP contribution in [0.3, 0.4) is 0 Å². The molecule has 158 valence electrons. The fourth-order valence-corrected chi connectivity index (χ4v) is 4.50. The molecule has 4 aromatic rings. The Hall–Kier alpha value is -3.58. The maximum Gasteiger partial charge on any atom is 0.279 e. The van der Waals surface area contributed by atoms with E-state index in [-0.39, 0.29) is 5.91 Å². The van der Waals surface area contributed by atoms with Crippen molar-refractivity contribution in [2.45, 2.75) is 13.5 Å². The summed E-state index contributed by atoms with van der Waals surface area (Å²) in [6, 6.07) is 20.2. The van der Waals surface area contributed by atoms with Crippen molar-refractivity contribution in [1.82, 2.24) is 4.57 Å². The van der Waals surface area contributed by atoms with E-state index in [4.69, 9.17) is 14.2 Å². The van der Waals surface area contributed by atoms with Gasteiger partial charge in [0.05, 0.1) is 14.2 Å². The third-order valence-electron chi connectivity index (χ3n) is 4.77. The number of hydrogen-bond donors (Lipinski definition) is 0. The fraction of sp³-hybridized carbons (Fsp3) is 0.167. The van der Waals surface area contributed by atoms with Crippen molar-refractivity contribution in [3.8, 4) is 23.0 Å². The highest BCUT2D eigenvalue weighted by Gasteiger charge is 2.16. The minimum Gasteiger partial charge on any atom is -0.495 e. The van der Waals surface area contributed by atoms with Gasteiger partial charge in [0.15, 0.2) is 4.80 Å². The Bertz CT molecular complexity index is 1290. The second kappa shape index (κ2) is 9.06. The van der Waals surface area contributed by atoms with Gasteiger partial charge in [0, 0.05) is 12.1 Å². The van der Waals surface area contributed by atoms with Gasteiger partial charge in [-0.25, -0.2) is 0 Å². The number of carbonyl (C=O) groups is 1. The fourth-order valence-electron chi connectivity index (χ4n) is 3.30. The number of hydrogen-bond acceptors (Lipinski definition) is 5. The quantitative estimate of drug-likeness (QED) is 0.415. The lowest BCUT2D eigenvalue weighted by molar-refractivity contribution is 0.0997. The smallest absolute Gasteiger partial charge is 0.279 e. The molecule has 0 saturated carbocycles. The average molecular weight is 435 g/mol. The summed E-state index contributed by atoms with van der Waals surface area (Å²) in [5.74, 6) is 2.37. The Morgan fingerprint density at radius 1 is 0.935 bits per heavy atom. The zero-order chi connectivity index (χ0) is 21.8. The van der Waals surface area contributed by atoms with Crippen molar-refractivity contribution >= 4 is 27.5 Å². The average Bonchev–Trinajstić information content (AvgIpc) is 3.17. The van der Waals surface area contributed by atoms with Crippen molar-refractivity contribution < 1.29 is 19.0 Å². The van der Waals surface area contributed by atoms with E-state index in [1.165, 1.54) is 11.3 Å². The zero-order valence-electron chi connectivity index (χ0n) is 17.5. The van der Waals surface area contributed by atoms with Gasteiger partial charge in [0.25, 0.3) is 5.91 Å². The highest BCUT2D eigenvalue weighted by atomic mass is 32.1. The molecule has 0 fully saturated rings. The Morgan fingerprint density at radius 2 is 1.65 bits per heavy atom. The molecule has 0 aliphatic heterocycles. The van der Waals surface area contributed by atoms with Gasteiger partial charge < -0.3 is 18.8 Å². The van der Waals surface area contributed by atoms with Crippen LogP contribution in [0.15, 0.2) is 71.7 Å². The monoisotopic (exact) mass is 434 g/mol. The van der Waals surface area contributed by atoms with Gasteiger partial charge in [0.1, 0.15) is 33.2 Å². The van der Waals surface area contributed by atoms with Crippen molar-refractivity contribution in [2.75, 3.05) is 14.2 Å². The first-order chi connectivity index (χ1) is 15.1. The molecule has 0 atom stereocenters. The number of ether oxygens (including phenoxy) is 3. The lowest BCUT2D eigenvalue weighted by Gasteiger charge is -2.08. The van der Waals surface area contributed by atoms with E-state index >= 15 is 0 Å². The largest absolute Gasteiger partial charge is 0.495 e. The number of nitrogens with zero attached hydrogens (tertiary/aromatic N) is 2. The van der Waals surface area contributed by atoms with Crippen LogP contribution in [0.25, 0.3) is 10.2 Å². The second-order valence-electron chi connectivity index (χ2n) is 6.64. The van der Waals surface area contributed by atoms with Gasteiger partial charge in [-0.1, -0.05) is 35.6 Å². The molecule has 1 heterocycles. The Labute approximate surface area is 184 Å². The highest BCUT2D eigenvalue weighted by molar-refractivity contribution is 7.16. The molecule has 0 spiro atoms. The van der Waals surface area contributed by atoms with Crippen LogP contribution >= 0.6 is 11.3 Å². The predicted octanol–water partition coefficient (Wildman–Crippen LogP) is 5.27. The molecule has 7 heteroatoms.